The molecule has 1 fully saturated rings. The van der Waals surface area contributed by atoms with Crippen molar-refractivity contribution in [2.24, 2.45) is 14.1 Å². The highest BCUT2D eigenvalue weighted by atomic mass is 19.1. The Labute approximate surface area is 303 Å². The van der Waals surface area contributed by atoms with Crippen molar-refractivity contribution in [1.82, 2.24) is 34.7 Å². The number of halogens is 1. The van der Waals surface area contributed by atoms with Crippen molar-refractivity contribution in [1.29, 1.82) is 0 Å². The number of nitrogens with zero attached hydrogens (tertiary/aromatic N) is 5. The van der Waals surface area contributed by atoms with Crippen molar-refractivity contribution >= 4 is 45.2 Å². The SMILES string of the molecule is Cn1c(=O)n(C)c2c(C(C)(C)F)nc(-c3cccc4cc(-c5ccc(C(=O)NCC#Cc6cccc(NC7CCC(=O)NC7=O)c6)nc5)ncc34)cc21. The number of piperidine rings is 1. The van der Waals surface area contributed by atoms with Gasteiger partial charge in [0.2, 0.25) is 11.8 Å². The largest absolute Gasteiger partial charge is 0.374 e. The molecule has 2 aromatic carbocycles. The highest BCUT2D eigenvalue weighted by molar-refractivity contribution is 6.01. The maximum Gasteiger partial charge on any atom is 0.328 e. The van der Waals surface area contributed by atoms with Gasteiger partial charge < -0.3 is 10.6 Å². The molecule has 266 valence electrons. The topological polar surface area (TPSA) is 153 Å². The molecule has 1 atom stereocenters. The summed E-state index contributed by atoms with van der Waals surface area (Å²) in [6.45, 7) is 2.95. The van der Waals surface area contributed by atoms with E-state index >= 15 is 4.39 Å². The van der Waals surface area contributed by atoms with Crippen LogP contribution in [0.15, 0.2) is 83.9 Å². The molecule has 13 heteroatoms. The van der Waals surface area contributed by atoms with Crippen LogP contribution >= 0.6 is 0 Å². The van der Waals surface area contributed by atoms with Gasteiger partial charge in [-0.25, -0.2) is 14.2 Å². The highest BCUT2D eigenvalue weighted by Crippen LogP contribution is 2.35. The number of nitrogens with one attached hydrogen (secondary N) is 3. The van der Waals surface area contributed by atoms with Crippen LogP contribution in [0.1, 0.15) is 48.4 Å². The fourth-order valence-corrected chi connectivity index (χ4v) is 6.40. The van der Waals surface area contributed by atoms with Gasteiger partial charge in [-0.2, -0.15) is 0 Å². The molecule has 3 amide bonds. The summed E-state index contributed by atoms with van der Waals surface area (Å²) in [4.78, 5) is 62.8. The minimum atomic E-state index is -1.80. The van der Waals surface area contributed by atoms with Crippen LogP contribution in [-0.4, -0.2) is 54.4 Å². The Bertz CT molecular complexity index is 2570. The van der Waals surface area contributed by atoms with Gasteiger partial charge in [0, 0.05) is 60.7 Å². The number of aromatic nitrogens is 5. The van der Waals surface area contributed by atoms with Gasteiger partial charge in [0.25, 0.3) is 5.91 Å². The van der Waals surface area contributed by atoms with E-state index in [0.29, 0.717) is 45.7 Å². The van der Waals surface area contributed by atoms with Gasteiger partial charge in [-0.05, 0) is 68.1 Å². The zero-order valence-corrected chi connectivity index (χ0v) is 29.5. The van der Waals surface area contributed by atoms with Crippen LogP contribution in [0, 0.1) is 11.8 Å². The number of aryl methyl sites for hydroxylation is 2. The molecule has 0 saturated carbocycles. The fraction of sp³-hybridized carbons (Fsp3) is 0.225. The number of alkyl halides is 1. The lowest BCUT2D eigenvalue weighted by atomic mass is 9.99. The van der Waals surface area contributed by atoms with Gasteiger partial charge in [-0.1, -0.05) is 36.1 Å². The van der Waals surface area contributed by atoms with Crippen LogP contribution in [0.5, 0.6) is 0 Å². The summed E-state index contributed by atoms with van der Waals surface area (Å²) >= 11 is 0. The number of pyridine rings is 3. The average Bonchev–Trinajstić information content (AvgIpc) is 3.36. The predicted octanol–water partition coefficient (Wildman–Crippen LogP) is 4.75. The van der Waals surface area contributed by atoms with Gasteiger partial charge in [-0.3, -0.25) is 38.8 Å². The van der Waals surface area contributed by atoms with Gasteiger partial charge >= 0.3 is 5.69 Å². The number of carbonyl (C=O) groups is 3. The number of benzene rings is 2. The predicted molar refractivity (Wildman–Crippen MR) is 200 cm³/mol. The van der Waals surface area contributed by atoms with E-state index in [1.54, 1.807) is 50.8 Å². The molecule has 1 unspecified atom stereocenters. The Kier molecular flexibility index (Phi) is 9.05. The summed E-state index contributed by atoms with van der Waals surface area (Å²) in [6.07, 6.45) is 4.01. The van der Waals surface area contributed by atoms with Gasteiger partial charge in [0.15, 0.2) is 0 Å². The second-order valence-corrected chi connectivity index (χ2v) is 13.3. The fourth-order valence-electron chi connectivity index (χ4n) is 6.40. The molecule has 53 heavy (non-hydrogen) atoms. The monoisotopic (exact) mass is 710 g/mol. The summed E-state index contributed by atoms with van der Waals surface area (Å²) in [7, 11) is 3.27. The summed E-state index contributed by atoms with van der Waals surface area (Å²) < 4.78 is 18.4. The molecule has 4 aromatic heterocycles. The minimum Gasteiger partial charge on any atom is -0.374 e. The highest BCUT2D eigenvalue weighted by Gasteiger charge is 2.29. The first kappa shape index (κ1) is 34.8. The number of imidazole rings is 1. The lowest BCUT2D eigenvalue weighted by Gasteiger charge is -2.22. The van der Waals surface area contributed by atoms with Crippen LogP contribution in [0.4, 0.5) is 10.1 Å². The third-order valence-corrected chi connectivity index (χ3v) is 9.15. The molecule has 3 N–H and O–H groups in total. The molecule has 0 bridgehead atoms. The Morgan fingerprint density at radius 1 is 0.981 bits per heavy atom. The van der Waals surface area contributed by atoms with Gasteiger partial charge in [0.1, 0.15) is 23.1 Å². The van der Waals surface area contributed by atoms with Crippen LogP contribution < -0.4 is 21.6 Å². The lowest BCUT2D eigenvalue weighted by molar-refractivity contribution is -0.133. The first-order valence-electron chi connectivity index (χ1n) is 17.0. The molecule has 0 aliphatic carbocycles. The first-order chi connectivity index (χ1) is 25.4. The summed E-state index contributed by atoms with van der Waals surface area (Å²) in [6, 6.07) is 19.6. The molecule has 1 aliphatic rings. The van der Waals surface area contributed by atoms with Crippen molar-refractivity contribution in [2.45, 2.75) is 38.4 Å². The van der Waals surface area contributed by atoms with E-state index in [0.717, 1.165) is 16.3 Å². The standard InChI is InChI=1S/C40H35FN8O4/c1-40(2,41)36-35-33(48(3)39(53)49(35)4)20-32(46-36)27-12-6-10-24-19-31(44-22-28(24)27)25-13-14-29(43-21-25)37(51)42-17-7-9-23-8-5-11-26(18-23)45-30-15-16-34(50)47-38(30)52/h5-6,8,10-14,18-22,30,45H,15-17H2,1-4H3,(H,42,51)(H,47,50,52). The molecular weight excluding hydrogens is 675 g/mol. The zero-order chi connectivity index (χ0) is 37.4. The van der Waals surface area contributed by atoms with Crippen molar-refractivity contribution in [2.75, 3.05) is 11.9 Å². The Hall–Kier alpha value is -6.68. The lowest BCUT2D eigenvalue weighted by Crippen LogP contribution is -2.47. The molecule has 0 spiro atoms. The van der Waals surface area contributed by atoms with E-state index in [-0.39, 0.29) is 47.8 Å². The second kappa shape index (κ2) is 13.8. The van der Waals surface area contributed by atoms with E-state index in [4.69, 9.17) is 4.98 Å². The Balaban J connectivity index is 1.04. The molecular formula is C40H35FN8O4. The van der Waals surface area contributed by atoms with E-state index in [2.05, 4.69) is 37.8 Å². The molecule has 12 nitrogen and oxygen atoms in total. The Morgan fingerprint density at radius 2 is 1.79 bits per heavy atom. The number of fused-ring (bicyclic) bond motifs is 2. The third-order valence-electron chi connectivity index (χ3n) is 9.15. The Morgan fingerprint density at radius 3 is 2.55 bits per heavy atom. The number of imide groups is 1. The maximum atomic E-state index is 15.5. The van der Waals surface area contributed by atoms with Gasteiger partial charge in [-0.15, -0.1) is 0 Å². The summed E-state index contributed by atoms with van der Waals surface area (Å²) in [5.41, 5.74) is 3.40. The number of amides is 3. The van der Waals surface area contributed by atoms with Crippen LogP contribution in [0.25, 0.3) is 44.3 Å². The van der Waals surface area contributed by atoms with E-state index in [9.17, 15) is 19.2 Å². The number of hydrogen-bond donors (Lipinski definition) is 3. The summed E-state index contributed by atoms with van der Waals surface area (Å²) in [5.74, 6) is 4.93. The molecule has 1 saturated heterocycles. The molecule has 6 aromatic rings. The van der Waals surface area contributed by atoms with Crippen molar-refractivity contribution < 1.29 is 18.8 Å². The van der Waals surface area contributed by atoms with Crippen molar-refractivity contribution in [3.63, 3.8) is 0 Å². The number of hydrogen-bond acceptors (Lipinski definition) is 8. The normalized spacial score (nSPS) is 14.5. The third kappa shape index (κ3) is 6.99. The van der Waals surface area contributed by atoms with Crippen LogP contribution in [0.2, 0.25) is 0 Å². The number of anilines is 1. The van der Waals surface area contributed by atoms with Crippen LogP contribution in [-0.2, 0) is 29.4 Å². The number of rotatable bonds is 7. The minimum absolute atomic E-state index is 0.0916. The van der Waals surface area contributed by atoms with Gasteiger partial charge in [0.05, 0.1) is 29.0 Å². The first-order valence-corrected chi connectivity index (χ1v) is 17.0. The van der Waals surface area contributed by atoms with E-state index in [1.165, 1.54) is 23.0 Å². The van der Waals surface area contributed by atoms with E-state index < -0.39 is 11.7 Å². The zero-order valence-electron chi connectivity index (χ0n) is 29.5. The molecule has 1 aliphatic heterocycles. The molecule has 7 rings (SSSR count). The van der Waals surface area contributed by atoms with Crippen LogP contribution in [0.3, 0.4) is 0 Å². The van der Waals surface area contributed by atoms with Crippen molar-refractivity contribution in [3.8, 4) is 34.4 Å². The average molecular weight is 711 g/mol. The maximum absolute atomic E-state index is 15.5. The number of carbonyl (C=O) groups excluding carboxylic acids is 3. The summed E-state index contributed by atoms with van der Waals surface area (Å²) in [5, 5.41) is 9.89. The quantitative estimate of drug-likeness (QED) is 0.159. The smallest absolute Gasteiger partial charge is 0.328 e. The molecule has 5 heterocycles. The second-order valence-electron chi connectivity index (χ2n) is 13.3. The van der Waals surface area contributed by atoms with E-state index in [1.807, 2.05) is 42.5 Å². The van der Waals surface area contributed by atoms with Crippen molar-refractivity contribution in [3.05, 3.63) is 107 Å². The molecule has 0 radical (unpaired) electrons.